The second-order valence-corrected chi connectivity index (χ2v) is 7.12. The van der Waals surface area contributed by atoms with Crippen molar-refractivity contribution in [1.82, 2.24) is 0 Å². The molecule has 0 spiro atoms. The van der Waals surface area contributed by atoms with E-state index < -0.39 is 0 Å². The van der Waals surface area contributed by atoms with E-state index in [-0.39, 0.29) is 11.2 Å². The third-order valence-corrected chi connectivity index (χ3v) is 5.56. The Bertz CT molecular complexity index is 494. The van der Waals surface area contributed by atoms with Crippen LogP contribution in [0.2, 0.25) is 0 Å². The summed E-state index contributed by atoms with van der Waals surface area (Å²) in [7, 11) is 0. The molecule has 0 saturated heterocycles. The summed E-state index contributed by atoms with van der Waals surface area (Å²) in [6.07, 6.45) is 13.5. The topological polar surface area (TPSA) is 17.1 Å². The summed E-state index contributed by atoms with van der Waals surface area (Å²) >= 11 is 1.84. The summed E-state index contributed by atoms with van der Waals surface area (Å²) < 4.78 is 0. The van der Waals surface area contributed by atoms with Crippen molar-refractivity contribution in [2.45, 2.75) is 39.4 Å². The maximum absolute atomic E-state index is 12.6. The molecular formula is C18H24OS. The second kappa shape index (κ2) is 6.62. The zero-order valence-electron chi connectivity index (χ0n) is 12.8. The van der Waals surface area contributed by atoms with Crippen LogP contribution in [-0.2, 0) is 4.79 Å². The molecule has 20 heavy (non-hydrogen) atoms. The maximum Gasteiger partial charge on any atom is 0.168 e. The first-order chi connectivity index (χ1) is 9.54. The van der Waals surface area contributed by atoms with Gasteiger partial charge in [0.1, 0.15) is 0 Å². The predicted molar refractivity (Wildman–Crippen MR) is 88.6 cm³/mol. The van der Waals surface area contributed by atoms with E-state index in [2.05, 4.69) is 52.0 Å². The summed E-state index contributed by atoms with van der Waals surface area (Å²) in [6.45, 7) is 8.77. The molecule has 2 rings (SSSR count). The van der Waals surface area contributed by atoms with Gasteiger partial charge in [0.15, 0.2) is 5.78 Å². The summed E-state index contributed by atoms with van der Waals surface area (Å²) in [6, 6.07) is 0. The molecule has 1 aliphatic carbocycles. The first kappa shape index (κ1) is 15.4. The van der Waals surface area contributed by atoms with Crippen molar-refractivity contribution >= 4 is 17.5 Å². The van der Waals surface area contributed by atoms with Crippen LogP contribution >= 0.6 is 11.8 Å². The monoisotopic (exact) mass is 288 g/mol. The Morgan fingerprint density at radius 2 is 1.95 bits per heavy atom. The van der Waals surface area contributed by atoms with Crippen LogP contribution < -0.4 is 0 Å². The third-order valence-electron chi connectivity index (χ3n) is 4.20. The van der Waals surface area contributed by atoms with Gasteiger partial charge in [-0.15, -0.1) is 11.8 Å². The van der Waals surface area contributed by atoms with Gasteiger partial charge in [0.25, 0.3) is 0 Å². The Hall–Kier alpha value is -1.02. The molecular weight excluding hydrogens is 264 g/mol. The predicted octanol–water partition coefficient (Wildman–Crippen LogP) is 4.93. The summed E-state index contributed by atoms with van der Waals surface area (Å²) in [5, 5.41) is 0.275. The molecule has 1 nitrogen and oxygen atoms in total. The molecule has 0 aromatic carbocycles. The molecule has 2 heteroatoms. The molecule has 0 N–H and O–H groups in total. The van der Waals surface area contributed by atoms with Crippen LogP contribution in [0.4, 0.5) is 0 Å². The minimum Gasteiger partial charge on any atom is -0.294 e. The molecule has 2 unspecified atom stereocenters. The highest BCUT2D eigenvalue weighted by atomic mass is 32.2. The average Bonchev–Trinajstić information content (AvgIpc) is 2.44. The minimum absolute atomic E-state index is 0.0413. The molecule has 0 fully saturated rings. The number of hydrogen-bond donors (Lipinski definition) is 0. The lowest BCUT2D eigenvalue weighted by molar-refractivity contribution is -0.117. The SMILES string of the molecule is CCC1=C(/C=C\C(C)C(C)C)SC2C=CC=C[C@H]2C1=O. The van der Waals surface area contributed by atoms with Gasteiger partial charge in [-0.3, -0.25) is 4.79 Å². The van der Waals surface area contributed by atoms with Crippen LogP contribution in [0.3, 0.4) is 0 Å². The lowest BCUT2D eigenvalue weighted by Crippen LogP contribution is -2.29. The number of rotatable bonds is 4. The van der Waals surface area contributed by atoms with Gasteiger partial charge in [0.05, 0.1) is 5.92 Å². The highest BCUT2D eigenvalue weighted by Gasteiger charge is 2.34. The Balaban J connectivity index is 2.27. The van der Waals surface area contributed by atoms with Crippen LogP contribution in [-0.4, -0.2) is 11.0 Å². The lowest BCUT2D eigenvalue weighted by atomic mass is 9.89. The smallest absolute Gasteiger partial charge is 0.168 e. The van der Waals surface area contributed by atoms with E-state index in [1.165, 1.54) is 4.91 Å². The zero-order chi connectivity index (χ0) is 14.7. The van der Waals surface area contributed by atoms with E-state index in [9.17, 15) is 4.79 Å². The minimum atomic E-state index is 0.0413. The van der Waals surface area contributed by atoms with Crippen LogP contribution in [0.15, 0.2) is 46.9 Å². The van der Waals surface area contributed by atoms with Crippen molar-refractivity contribution in [3.8, 4) is 0 Å². The number of carbonyl (C=O) groups excluding carboxylic acids is 1. The summed E-state index contributed by atoms with van der Waals surface area (Å²) in [5.74, 6) is 1.52. The second-order valence-electron chi connectivity index (χ2n) is 5.90. The number of hydrogen-bond acceptors (Lipinski definition) is 2. The number of Topliss-reactive ketones (excluding diaryl/α,β-unsaturated/α-hetero) is 1. The van der Waals surface area contributed by atoms with Gasteiger partial charge >= 0.3 is 0 Å². The van der Waals surface area contributed by atoms with Gasteiger partial charge in [-0.1, -0.05) is 64.2 Å². The largest absolute Gasteiger partial charge is 0.294 e. The fourth-order valence-electron chi connectivity index (χ4n) is 2.43. The number of allylic oxidation sites excluding steroid dienone is 6. The number of fused-ring (bicyclic) bond motifs is 1. The van der Waals surface area contributed by atoms with E-state index in [0.29, 0.717) is 17.6 Å². The summed E-state index contributed by atoms with van der Waals surface area (Å²) in [4.78, 5) is 13.8. The Morgan fingerprint density at radius 3 is 2.60 bits per heavy atom. The van der Waals surface area contributed by atoms with E-state index in [4.69, 9.17) is 0 Å². The van der Waals surface area contributed by atoms with Gasteiger partial charge in [0.2, 0.25) is 0 Å². The highest BCUT2D eigenvalue weighted by molar-refractivity contribution is 8.04. The summed E-state index contributed by atoms with van der Waals surface area (Å²) in [5.41, 5.74) is 1.00. The lowest BCUT2D eigenvalue weighted by Gasteiger charge is -2.30. The molecule has 0 radical (unpaired) electrons. The van der Waals surface area contributed by atoms with Gasteiger partial charge in [-0.2, -0.15) is 0 Å². The normalized spacial score (nSPS) is 27.6. The Morgan fingerprint density at radius 1 is 1.25 bits per heavy atom. The van der Waals surface area contributed by atoms with E-state index >= 15 is 0 Å². The molecule has 3 atom stereocenters. The van der Waals surface area contributed by atoms with E-state index in [1.807, 2.05) is 23.9 Å². The highest BCUT2D eigenvalue weighted by Crippen LogP contribution is 2.41. The van der Waals surface area contributed by atoms with Crippen LogP contribution in [0, 0.1) is 17.8 Å². The molecule has 0 bridgehead atoms. The fraction of sp³-hybridized carbons (Fsp3) is 0.500. The molecule has 108 valence electrons. The molecule has 2 aliphatic rings. The number of thioether (sulfide) groups is 1. The van der Waals surface area contributed by atoms with Crippen molar-refractivity contribution < 1.29 is 4.79 Å². The maximum atomic E-state index is 12.6. The molecule has 1 heterocycles. The number of ketones is 1. The fourth-order valence-corrected chi connectivity index (χ4v) is 3.79. The molecule has 0 aromatic heterocycles. The standard InChI is InChI=1S/C18H24OS/c1-5-14-17(11-10-13(4)12(2)3)20-16-9-7-6-8-15(16)18(14)19/h6-13,15-16H,5H2,1-4H3/b11-10-/t13?,15-,16?/m1/s1. The van der Waals surface area contributed by atoms with Crippen molar-refractivity contribution in [1.29, 1.82) is 0 Å². The first-order valence-electron chi connectivity index (χ1n) is 7.51. The molecule has 0 amide bonds. The molecule has 0 aromatic rings. The van der Waals surface area contributed by atoms with E-state index in [1.54, 1.807) is 0 Å². The van der Waals surface area contributed by atoms with Crippen LogP contribution in [0.5, 0.6) is 0 Å². The van der Waals surface area contributed by atoms with Crippen LogP contribution in [0.25, 0.3) is 0 Å². The van der Waals surface area contributed by atoms with Gasteiger partial charge in [-0.05, 0) is 18.3 Å². The third kappa shape index (κ3) is 3.17. The molecule has 1 aliphatic heterocycles. The van der Waals surface area contributed by atoms with Gasteiger partial charge in [-0.25, -0.2) is 0 Å². The Kier molecular flexibility index (Phi) is 5.09. The van der Waals surface area contributed by atoms with Crippen LogP contribution in [0.1, 0.15) is 34.1 Å². The average molecular weight is 288 g/mol. The van der Waals surface area contributed by atoms with Crippen molar-refractivity contribution in [3.05, 3.63) is 46.9 Å². The number of carbonyl (C=O) groups is 1. The first-order valence-corrected chi connectivity index (χ1v) is 8.39. The van der Waals surface area contributed by atoms with E-state index in [0.717, 1.165) is 12.0 Å². The van der Waals surface area contributed by atoms with Crippen molar-refractivity contribution in [2.24, 2.45) is 17.8 Å². The zero-order valence-corrected chi connectivity index (χ0v) is 13.6. The van der Waals surface area contributed by atoms with Gasteiger partial charge < -0.3 is 0 Å². The van der Waals surface area contributed by atoms with Crippen molar-refractivity contribution in [3.63, 3.8) is 0 Å². The van der Waals surface area contributed by atoms with Crippen molar-refractivity contribution in [2.75, 3.05) is 0 Å². The molecule has 0 saturated carbocycles. The van der Waals surface area contributed by atoms with Gasteiger partial charge in [0, 0.05) is 15.7 Å². The quantitative estimate of drug-likeness (QED) is 0.730. The Labute approximate surface area is 126 Å².